The van der Waals surface area contributed by atoms with Crippen LogP contribution in [0.1, 0.15) is 18.4 Å². The van der Waals surface area contributed by atoms with Crippen molar-refractivity contribution in [2.24, 2.45) is 5.92 Å². The Morgan fingerprint density at radius 2 is 1.47 bits per heavy atom. The Balaban J connectivity index is 1.22. The van der Waals surface area contributed by atoms with Crippen molar-refractivity contribution in [1.82, 2.24) is 10.2 Å². The van der Waals surface area contributed by atoms with Crippen molar-refractivity contribution in [3.63, 3.8) is 0 Å². The zero-order valence-electron chi connectivity index (χ0n) is 19.3. The number of benzene rings is 3. The van der Waals surface area contributed by atoms with Crippen molar-refractivity contribution < 1.29 is 4.79 Å². The zero-order chi connectivity index (χ0) is 23.3. The first-order chi connectivity index (χ1) is 16.7. The van der Waals surface area contributed by atoms with Gasteiger partial charge in [-0.2, -0.15) is 0 Å². The number of para-hydroxylation sites is 1. The third kappa shape index (κ3) is 4.69. The summed E-state index contributed by atoms with van der Waals surface area (Å²) in [5.74, 6) is 0.939. The van der Waals surface area contributed by atoms with Gasteiger partial charge in [0.1, 0.15) is 0 Å². The van der Waals surface area contributed by atoms with E-state index >= 15 is 0 Å². The van der Waals surface area contributed by atoms with Gasteiger partial charge < -0.3 is 10.2 Å². The number of hydrogen-bond acceptors (Lipinski definition) is 4. The Morgan fingerprint density at radius 3 is 2.18 bits per heavy atom. The fourth-order valence-corrected chi connectivity index (χ4v) is 4.56. The van der Waals surface area contributed by atoms with Crippen LogP contribution in [0.15, 0.2) is 91.0 Å². The highest BCUT2D eigenvalue weighted by molar-refractivity contribution is 5.96. The average Bonchev–Trinajstić information content (AvgIpc) is 2.90. The van der Waals surface area contributed by atoms with Crippen LogP contribution >= 0.6 is 0 Å². The second-order valence-corrected chi connectivity index (χ2v) is 8.75. The molecule has 1 aromatic heterocycles. The molecule has 2 heterocycles. The molecule has 1 aliphatic rings. The number of aromatic nitrogens is 2. The normalized spacial score (nSPS) is 14.1. The topological polar surface area (TPSA) is 58.1 Å². The smallest absolute Gasteiger partial charge is 0.227 e. The Labute approximate surface area is 200 Å². The lowest BCUT2D eigenvalue weighted by Crippen LogP contribution is -2.38. The summed E-state index contributed by atoms with van der Waals surface area (Å²) in [6.07, 6.45) is 1.58. The lowest BCUT2D eigenvalue weighted by atomic mass is 9.95. The van der Waals surface area contributed by atoms with E-state index in [1.54, 1.807) is 0 Å². The summed E-state index contributed by atoms with van der Waals surface area (Å²) in [5.41, 5.74) is 6.17. The summed E-state index contributed by atoms with van der Waals surface area (Å²) in [6, 6.07) is 30.4. The molecule has 4 aromatic rings. The third-order valence-corrected chi connectivity index (χ3v) is 6.53. The molecule has 0 radical (unpaired) electrons. The van der Waals surface area contributed by atoms with Gasteiger partial charge in [0.2, 0.25) is 5.91 Å². The molecule has 34 heavy (non-hydrogen) atoms. The van der Waals surface area contributed by atoms with Crippen LogP contribution in [0.3, 0.4) is 0 Å². The Morgan fingerprint density at radius 1 is 0.794 bits per heavy atom. The van der Waals surface area contributed by atoms with Crippen molar-refractivity contribution in [2.75, 3.05) is 23.3 Å². The van der Waals surface area contributed by atoms with Crippen LogP contribution in [0.2, 0.25) is 0 Å². The lowest BCUT2D eigenvalue weighted by molar-refractivity contribution is -0.120. The molecule has 5 heteroatoms. The van der Waals surface area contributed by atoms with Crippen LogP contribution in [0.4, 0.5) is 11.5 Å². The average molecular weight is 449 g/mol. The first-order valence-electron chi connectivity index (χ1n) is 11.8. The minimum Gasteiger partial charge on any atom is -0.355 e. The molecule has 5 rings (SSSR count). The maximum atomic E-state index is 13.1. The number of piperidine rings is 1. The minimum absolute atomic E-state index is 0.0146. The van der Waals surface area contributed by atoms with Gasteiger partial charge in [-0.3, -0.25) is 4.79 Å². The van der Waals surface area contributed by atoms with E-state index in [2.05, 4.69) is 51.6 Å². The SMILES string of the molecule is Cc1ccccc1-c1ccc(N2CCC(C(=O)Nc3ccccc3-c3ccccc3)CC2)nn1. The number of rotatable bonds is 5. The molecular formula is C29H28N4O. The van der Waals surface area contributed by atoms with Gasteiger partial charge in [-0.1, -0.05) is 72.8 Å². The number of nitrogens with zero attached hydrogens (tertiary/aromatic N) is 3. The van der Waals surface area contributed by atoms with E-state index in [4.69, 9.17) is 0 Å². The number of carbonyl (C=O) groups is 1. The summed E-state index contributed by atoms with van der Waals surface area (Å²) >= 11 is 0. The van der Waals surface area contributed by atoms with Crippen molar-refractivity contribution in [1.29, 1.82) is 0 Å². The van der Waals surface area contributed by atoms with E-state index in [0.717, 1.165) is 59.8 Å². The first kappa shape index (κ1) is 21.8. The van der Waals surface area contributed by atoms with Gasteiger partial charge >= 0.3 is 0 Å². The van der Waals surface area contributed by atoms with Crippen molar-refractivity contribution in [2.45, 2.75) is 19.8 Å². The first-order valence-corrected chi connectivity index (χ1v) is 11.8. The second kappa shape index (κ2) is 9.87. The van der Waals surface area contributed by atoms with Crippen LogP contribution in [-0.4, -0.2) is 29.2 Å². The number of hydrogen-bond donors (Lipinski definition) is 1. The monoisotopic (exact) mass is 448 g/mol. The van der Waals surface area contributed by atoms with E-state index in [1.807, 2.05) is 66.7 Å². The summed E-state index contributed by atoms with van der Waals surface area (Å²) in [5, 5.41) is 12.1. The number of carbonyl (C=O) groups excluding carboxylic acids is 1. The second-order valence-electron chi connectivity index (χ2n) is 8.75. The molecule has 170 valence electrons. The molecule has 3 aromatic carbocycles. The highest BCUT2D eigenvalue weighted by Crippen LogP contribution is 2.30. The molecule has 0 unspecified atom stereocenters. The van der Waals surface area contributed by atoms with E-state index in [0.29, 0.717) is 0 Å². The minimum atomic E-state index is -0.0146. The zero-order valence-corrected chi connectivity index (χ0v) is 19.3. The van der Waals surface area contributed by atoms with Crippen LogP contribution < -0.4 is 10.2 Å². The summed E-state index contributed by atoms with van der Waals surface area (Å²) in [7, 11) is 0. The third-order valence-electron chi connectivity index (χ3n) is 6.53. The number of amides is 1. The largest absolute Gasteiger partial charge is 0.355 e. The van der Waals surface area contributed by atoms with Crippen LogP contribution in [-0.2, 0) is 4.79 Å². The molecule has 1 aliphatic heterocycles. The van der Waals surface area contributed by atoms with Gasteiger partial charge in [0.05, 0.1) is 5.69 Å². The number of anilines is 2. The number of aryl methyl sites for hydroxylation is 1. The predicted molar refractivity (Wildman–Crippen MR) is 138 cm³/mol. The molecular weight excluding hydrogens is 420 g/mol. The predicted octanol–water partition coefficient (Wildman–Crippen LogP) is 5.97. The summed E-state index contributed by atoms with van der Waals surface area (Å²) < 4.78 is 0. The Hall–Kier alpha value is -3.99. The molecule has 0 spiro atoms. The molecule has 0 saturated carbocycles. The maximum Gasteiger partial charge on any atom is 0.227 e. The van der Waals surface area contributed by atoms with Crippen LogP contribution in [0, 0.1) is 12.8 Å². The van der Waals surface area contributed by atoms with Crippen molar-refractivity contribution in [3.8, 4) is 22.4 Å². The van der Waals surface area contributed by atoms with E-state index in [-0.39, 0.29) is 11.8 Å². The molecule has 5 nitrogen and oxygen atoms in total. The van der Waals surface area contributed by atoms with Gasteiger partial charge in [-0.05, 0) is 49.1 Å². The highest BCUT2D eigenvalue weighted by Gasteiger charge is 2.26. The Kier molecular flexibility index (Phi) is 6.34. The fourth-order valence-electron chi connectivity index (χ4n) is 4.56. The molecule has 0 aliphatic carbocycles. The Bertz CT molecular complexity index is 1260. The molecule has 1 saturated heterocycles. The molecule has 1 N–H and O–H groups in total. The molecule has 0 bridgehead atoms. The van der Waals surface area contributed by atoms with Crippen LogP contribution in [0.25, 0.3) is 22.4 Å². The maximum absolute atomic E-state index is 13.1. The van der Waals surface area contributed by atoms with Crippen molar-refractivity contribution in [3.05, 3.63) is 96.6 Å². The highest BCUT2D eigenvalue weighted by atomic mass is 16.1. The molecule has 0 atom stereocenters. The van der Waals surface area contributed by atoms with Crippen molar-refractivity contribution >= 4 is 17.4 Å². The van der Waals surface area contributed by atoms with Gasteiger partial charge in [0.25, 0.3) is 0 Å². The fraction of sp³-hybridized carbons (Fsp3) is 0.207. The molecule has 1 amide bonds. The van der Waals surface area contributed by atoms with E-state index in [1.165, 1.54) is 5.56 Å². The van der Waals surface area contributed by atoms with Gasteiger partial charge in [0.15, 0.2) is 5.82 Å². The number of nitrogens with one attached hydrogen (secondary N) is 1. The van der Waals surface area contributed by atoms with Crippen LogP contribution in [0.5, 0.6) is 0 Å². The molecule has 1 fully saturated rings. The quantitative estimate of drug-likeness (QED) is 0.408. The summed E-state index contributed by atoms with van der Waals surface area (Å²) in [6.45, 7) is 3.66. The van der Waals surface area contributed by atoms with E-state index < -0.39 is 0 Å². The van der Waals surface area contributed by atoms with Gasteiger partial charge in [0, 0.05) is 35.8 Å². The van der Waals surface area contributed by atoms with E-state index in [9.17, 15) is 4.79 Å². The van der Waals surface area contributed by atoms with Gasteiger partial charge in [-0.15, -0.1) is 10.2 Å². The lowest BCUT2D eigenvalue weighted by Gasteiger charge is -2.32. The standard InChI is InChI=1S/C29H28N4O/c1-21-9-5-6-12-24(21)27-15-16-28(32-31-27)33-19-17-23(18-20-33)29(34)30-26-14-8-7-13-25(26)22-10-3-2-4-11-22/h2-16,23H,17-20H2,1H3,(H,30,34). The summed E-state index contributed by atoms with van der Waals surface area (Å²) in [4.78, 5) is 15.3. The van der Waals surface area contributed by atoms with Gasteiger partial charge in [-0.25, -0.2) is 0 Å².